The van der Waals surface area contributed by atoms with Crippen LogP contribution in [0.5, 0.6) is 5.75 Å². The standard InChI is InChI=1S/C13H17ClN2O/c1-16-10-11-12(14)6-5-7-13(11)17-9-4-2-3-8-15/h5-7,16H,2-4,9-10H2,1H3. The maximum Gasteiger partial charge on any atom is 0.125 e. The minimum absolute atomic E-state index is 0.586. The molecule has 0 fully saturated rings. The van der Waals surface area contributed by atoms with Crippen molar-refractivity contribution >= 4 is 11.6 Å². The molecule has 1 N–H and O–H groups in total. The molecule has 0 spiro atoms. The molecule has 0 bridgehead atoms. The largest absolute Gasteiger partial charge is 0.493 e. The number of halogens is 1. The molecule has 0 saturated carbocycles. The Hall–Kier alpha value is -1.24. The van der Waals surface area contributed by atoms with Crippen molar-refractivity contribution in [3.8, 4) is 11.8 Å². The Morgan fingerprint density at radius 1 is 1.41 bits per heavy atom. The molecule has 0 aromatic heterocycles. The third-order valence-corrected chi connectivity index (χ3v) is 2.72. The van der Waals surface area contributed by atoms with E-state index in [4.69, 9.17) is 21.6 Å². The average molecular weight is 253 g/mol. The van der Waals surface area contributed by atoms with Crippen LogP contribution in [-0.2, 0) is 6.54 Å². The fourth-order valence-corrected chi connectivity index (χ4v) is 1.74. The zero-order valence-corrected chi connectivity index (χ0v) is 10.8. The molecular formula is C13H17ClN2O. The van der Waals surface area contributed by atoms with Gasteiger partial charge in [0.15, 0.2) is 0 Å². The van der Waals surface area contributed by atoms with Gasteiger partial charge >= 0.3 is 0 Å². The van der Waals surface area contributed by atoms with Crippen LogP contribution >= 0.6 is 11.6 Å². The molecule has 17 heavy (non-hydrogen) atoms. The van der Waals surface area contributed by atoms with Gasteiger partial charge < -0.3 is 10.1 Å². The summed E-state index contributed by atoms with van der Waals surface area (Å²) in [7, 11) is 1.88. The van der Waals surface area contributed by atoms with Gasteiger partial charge in [0.05, 0.1) is 12.7 Å². The van der Waals surface area contributed by atoms with E-state index >= 15 is 0 Å². The van der Waals surface area contributed by atoms with Crippen LogP contribution in [0.2, 0.25) is 5.02 Å². The van der Waals surface area contributed by atoms with Gasteiger partial charge in [-0.2, -0.15) is 5.26 Å². The fourth-order valence-electron chi connectivity index (χ4n) is 1.51. The lowest BCUT2D eigenvalue weighted by Gasteiger charge is -2.12. The first kappa shape index (κ1) is 13.8. The van der Waals surface area contributed by atoms with Crippen LogP contribution in [0.1, 0.15) is 24.8 Å². The molecule has 0 saturated heterocycles. The van der Waals surface area contributed by atoms with Crippen molar-refractivity contribution in [1.29, 1.82) is 5.26 Å². The Morgan fingerprint density at radius 3 is 2.94 bits per heavy atom. The van der Waals surface area contributed by atoms with Crippen LogP contribution in [0.3, 0.4) is 0 Å². The number of ether oxygens (including phenoxy) is 1. The summed E-state index contributed by atoms with van der Waals surface area (Å²) in [5.74, 6) is 0.823. The van der Waals surface area contributed by atoms with Crippen molar-refractivity contribution < 1.29 is 4.74 Å². The number of unbranched alkanes of at least 4 members (excludes halogenated alkanes) is 2. The van der Waals surface area contributed by atoms with Crippen molar-refractivity contribution in [2.45, 2.75) is 25.8 Å². The van der Waals surface area contributed by atoms with Gasteiger partial charge in [-0.15, -0.1) is 0 Å². The zero-order chi connectivity index (χ0) is 12.5. The molecule has 0 amide bonds. The molecule has 0 unspecified atom stereocenters. The third-order valence-electron chi connectivity index (χ3n) is 2.37. The Kier molecular flexibility index (Phi) is 6.46. The second-order valence-corrected chi connectivity index (χ2v) is 4.12. The Morgan fingerprint density at radius 2 is 2.24 bits per heavy atom. The maximum atomic E-state index is 8.42. The van der Waals surface area contributed by atoms with Crippen LogP contribution in [0.4, 0.5) is 0 Å². The van der Waals surface area contributed by atoms with Gasteiger partial charge in [-0.1, -0.05) is 17.7 Å². The summed E-state index contributed by atoms with van der Waals surface area (Å²) >= 11 is 6.11. The predicted molar refractivity (Wildman–Crippen MR) is 69.2 cm³/mol. The number of nitrogens with one attached hydrogen (secondary N) is 1. The van der Waals surface area contributed by atoms with E-state index in [0.717, 1.165) is 24.2 Å². The van der Waals surface area contributed by atoms with Crippen molar-refractivity contribution in [3.63, 3.8) is 0 Å². The molecule has 0 radical (unpaired) electrons. The number of nitriles is 1. The summed E-state index contributed by atoms with van der Waals surface area (Å²) < 4.78 is 5.68. The lowest BCUT2D eigenvalue weighted by atomic mass is 10.2. The summed E-state index contributed by atoms with van der Waals surface area (Å²) in [6.07, 6.45) is 2.35. The van der Waals surface area contributed by atoms with E-state index in [0.29, 0.717) is 24.6 Å². The van der Waals surface area contributed by atoms with E-state index in [1.54, 1.807) is 0 Å². The first-order valence-corrected chi connectivity index (χ1v) is 6.09. The average Bonchev–Trinajstić information content (AvgIpc) is 2.33. The molecule has 4 heteroatoms. The van der Waals surface area contributed by atoms with E-state index in [9.17, 15) is 0 Å². The summed E-state index contributed by atoms with van der Waals surface area (Å²) in [6, 6.07) is 7.78. The zero-order valence-electron chi connectivity index (χ0n) is 10.0. The Bertz CT molecular complexity index is 387. The number of nitrogens with zero attached hydrogens (tertiary/aromatic N) is 1. The van der Waals surface area contributed by atoms with Crippen LogP contribution < -0.4 is 10.1 Å². The van der Waals surface area contributed by atoms with E-state index in [-0.39, 0.29) is 0 Å². The quantitative estimate of drug-likeness (QED) is 0.759. The second kappa shape index (κ2) is 7.94. The highest BCUT2D eigenvalue weighted by atomic mass is 35.5. The van der Waals surface area contributed by atoms with E-state index in [1.165, 1.54) is 0 Å². The van der Waals surface area contributed by atoms with Crippen molar-refractivity contribution in [2.75, 3.05) is 13.7 Å². The molecule has 1 rings (SSSR count). The van der Waals surface area contributed by atoms with Gasteiger partial charge in [0, 0.05) is 23.6 Å². The Balaban J connectivity index is 2.52. The number of hydrogen-bond acceptors (Lipinski definition) is 3. The van der Waals surface area contributed by atoms with Crippen molar-refractivity contribution in [1.82, 2.24) is 5.32 Å². The normalized spacial score (nSPS) is 9.94. The molecular weight excluding hydrogens is 236 g/mol. The number of hydrogen-bond donors (Lipinski definition) is 1. The summed E-state index contributed by atoms with van der Waals surface area (Å²) in [5.41, 5.74) is 0.983. The fraction of sp³-hybridized carbons (Fsp3) is 0.462. The van der Waals surface area contributed by atoms with E-state index < -0.39 is 0 Å². The van der Waals surface area contributed by atoms with Gasteiger partial charge in [0.1, 0.15) is 5.75 Å². The first-order chi connectivity index (χ1) is 8.29. The highest BCUT2D eigenvalue weighted by molar-refractivity contribution is 6.31. The molecule has 0 aliphatic carbocycles. The minimum Gasteiger partial charge on any atom is -0.493 e. The predicted octanol–water partition coefficient (Wildman–Crippen LogP) is 3.13. The lowest BCUT2D eigenvalue weighted by Crippen LogP contribution is -2.08. The third kappa shape index (κ3) is 4.64. The maximum absolute atomic E-state index is 8.42. The molecule has 0 atom stereocenters. The van der Waals surface area contributed by atoms with Crippen molar-refractivity contribution in [2.24, 2.45) is 0 Å². The van der Waals surface area contributed by atoms with Crippen molar-refractivity contribution in [3.05, 3.63) is 28.8 Å². The van der Waals surface area contributed by atoms with Gasteiger partial charge in [-0.3, -0.25) is 0 Å². The molecule has 3 nitrogen and oxygen atoms in total. The summed E-state index contributed by atoms with van der Waals surface area (Å²) in [6.45, 7) is 1.31. The van der Waals surface area contributed by atoms with Crippen LogP contribution in [0, 0.1) is 11.3 Å². The van der Waals surface area contributed by atoms with Crippen LogP contribution in [-0.4, -0.2) is 13.7 Å². The highest BCUT2D eigenvalue weighted by Crippen LogP contribution is 2.26. The molecule has 0 heterocycles. The summed E-state index contributed by atoms with van der Waals surface area (Å²) in [5, 5.41) is 12.2. The van der Waals surface area contributed by atoms with E-state index in [1.807, 2.05) is 25.2 Å². The van der Waals surface area contributed by atoms with Gasteiger partial charge in [0.25, 0.3) is 0 Å². The highest BCUT2D eigenvalue weighted by Gasteiger charge is 2.06. The summed E-state index contributed by atoms with van der Waals surface area (Å²) in [4.78, 5) is 0. The minimum atomic E-state index is 0.586. The SMILES string of the molecule is CNCc1c(Cl)cccc1OCCCCC#N. The first-order valence-electron chi connectivity index (χ1n) is 5.71. The molecule has 1 aromatic carbocycles. The smallest absolute Gasteiger partial charge is 0.125 e. The van der Waals surface area contributed by atoms with Gasteiger partial charge in [-0.05, 0) is 32.0 Å². The van der Waals surface area contributed by atoms with Gasteiger partial charge in [-0.25, -0.2) is 0 Å². The topological polar surface area (TPSA) is 45.0 Å². The molecule has 0 aliphatic heterocycles. The lowest BCUT2D eigenvalue weighted by molar-refractivity contribution is 0.304. The molecule has 0 aliphatic rings. The number of rotatable bonds is 7. The van der Waals surface area contributed by atoms with E-state index in [2.05, 4.69) is 11.4 Å². The molecule has 92 valence electrons. The van der Waals surface area contributed by atoms with Crippen LogP contribution in [0.15, 0.2) is 18.2 Å². The Labute approximate surface area is 107 Å². The number of benzene rings is 1. The second-order valence-electron chi connectivity index (χ2n) is 3.71. The van der Waals surface area contributed by atoms with Gasteiger partial charge in [0.2, 0.25) is 0 Å². The monoisotopic (exact) mass is 252 g/mol. The van der Waals surface area contributed by atoms with Crippen LogP contribution in [0.25, 0.3) is 0 Å². The molecule has 1 aromatic rings.